The largest absolute Gasteiger partial charge is 0.480 e. The van der Waals surface area contributed by atoms with Crippen molar-refractivity contribution >= 4 is 23.7 Å². The molecule has 35 heavy (non-hydrogen) atoms. The van der Waals surface area contributed by atoms with Gasteiger partial charge in [0, 0.05) is 6.08 Å². The van der Waals surface area contributed by atoms with Crippen molar-refractivity contribution in [2.24, 2.45) is 5.73 Å². The van der Waals surface area contributed by atoms with Crippen molar-refractivity contribution in [2.45, 2.75) is 103 Å². The number of carbonyl (C=O) groups is 4. The highest BCUT2D eigenvalue weighted by Crippen LogP contribution is 2.06. The second-order valence-electron chi connectivity index (χ2n) is 8.63. The van der Waals surface area contributed by atoms with Crippen LogP contribution >= 0.6 is 0 Å². The molecule has 0 heterocycles. The van der Waals surface area contributed by atoms with Crippen LogP contribution in [0.1, 0.15) is 78.6 Å². The number of amides is 3. The monoisotopic (exact) mass is 496 g/mol. The minimum absolute atomic E-state index is 0.227. The predicted molar refractivity (Wildman–Crippen MR) is 135 cm³/mol. The summed E-state index contributed by atoms with van der Waals surface area (Å²) in [6.07, 6.45) is 13.5. The van der Waals surface area contributed by atoms with E-state index in [1.165, 1.54) is 45.6 Å². The van der Waals surface area contributed by atoms with Crippen LogP contribution in [0.3, 0.4) is 0 Å². The number of carboxylic acid groups (broad SMARTS) is 1. The van der Waals surface area contributed by atoms with Crippen LogP contribution in [0.4, 0.5) is 0 Å². The first kappa shape index (κ1) is 32.3. The number of aliphatic carboxylic acids is 1. The van der Waals surface area contributed by atoms with Crippen LogP contribution in [0, 0.1) is 0 Å². The van der Waals surface area contributed by atoms with Gasteiger partial charge >= 0.3 is 5.97 Å². The van der Waals surface area contributed by atoms with Crippen molar-refractivity contribution in [2.75, 3.05) is 6.54 Å². The summed E-state index contributed by atoms with van der Waals surface area (Å²) in [6.45, 7) is 5.23. The molecule has 0 spiro atoms. The number of nitrogens with two attached hydrogens (primary N) is 1. The molecule has 0 aromatic rings. The summed E-state index contributed by atoms with van der Waals surface area (Å²) < 4.78 is 0. The van der Waals surface area contributed by atoms with Gasteiger partial charge in [0.05, 0.1) is 6.10 Å². The summed E-state index contributed by atoms with van der Waals surface area (Å²) in [4.78, 5) is 48.6. The summed E-state index contributed by atoms with van der Waals surface area (Å²) in [5.41, 5.74) is 5.49. The highest BCUT2D eigenvalue weighted by Gasteiger charge is 2.30. The molecule has 0 saturated heterocycles. The molecule has 4 unspecified atom stereocenters. The van der Waals surface area contributed by atoms with Crippen LogP contribution in [-0.2, 0) is 19.2 Å². The second-order valence-corrected chi connectivity index (χ2v) is 8.63. The Morgan fingerprint density at radius 2 is 1.57 bits per heavy atom. The van der Waals surface area contributed by atoms with Crippen molar-refractivity contribution in [1.82, 2.24) is 16.0 Å². The second kappa shape index (κ2) is 19.6. The first-order valence-electron chi connectivity index (χ1n) is 12.5. The summed E-state index contributed by atoms with van der Waals surface area (Å²) in [5.74, 6) is -3.19. The van der Waals surface area contributed by atoms with Gasteiger partial charge in [-0.1, -0.05) is 50.8 Å². The lowest BCUT2D eigenvalue weighted by atomic mass is 10.1. The molecule has 0 aromatic carbocycles. The average molecular weight is 497 g/mol. The zero-order valence-corrected chi connectivity index (χ0v) is 21.3. The third-order valence-electron chi connectivity index (χ3n) is 5.34. The Bertz CT molecular complexity index is 708. The van der Waals surface area contributed by atoms with Crippen LogP contribution in [0.2, 0.25) is 0 Å². The Hall–Kier alpha value is -2.72. The number of aliphatic hydroxyl groups excluding tert-OH is 1. The van der Waals surface area contributed by atoms with Crippen LogP contribution in [0.25, 0.3) is 0 Å². The van der Waals surface area contributed by atoms with E-state index in [0.29, 0.717) is 19.4 Å². The summed E-state index contributed by atoms with van der Waals surface area (Å²) >= 11 is 0. The van der Waals surface area contributed by atoms with Crippen molar-refractivity contribution in [3.63, 3.8) is 0 Å². The smallest absolute Gasteiger partial charge is 0.325 e. The zero-order valence-electron chi connectivity index (χ0n) is 21.3. The highest BCUT2D eigenvalue weighted by molar-refractivity contribution is 5.95. The normalized spacial score (nSPS) is 14.9. The minimum Gasteiger partial charge on any atom is -0.480 e. The maximum absolute atomic E-state index is 12.8. The Labute approximate surface area is 208 Å². The first-order chi connectivity index (χ1) is 16.6. The molecule has 10 heteroatoms. The predicted octanol–water partition coefficient (Wildman–Crippen LogP) is 1.53. The van der Waals surface area contributed by atoms with Crippen molar-refractivity contribution < 1.29 is 29.4 Å². The summed E-state index contributed by atoms with van der Waals surface area (Å²) in [7, 11) is 0. The molecule has 0 saturated carbocycles. The average Bonchev–Trinajstić information content (AvgIpc) is 2.80. The molecule has 0 aromatic heterocycles. The SMILES string of the molecule is CCCCCCCC=CC=CC(=O)NC(C(=O)NC(CCCCN)C(=O)NC(C)C(=O)O)C(C)O. The number of rotatable bonds is 19. The van der Waals surface area contributed by atoms with Gasteiger partial charge in [-0.15, -0.1) is 0 Å². The number of aliphatic hydroxyl groups is 1. The van der Waals surface area contributed by atoms with Crippen LogP contribution in [0.5, 0.6) is 0 Å². The zero-order chi connectivity index (χ0) is 26.6. The number of nitrogens with one attached hydrogen (secondary N) is 3. The number of hydrogen-bond donors (Lipinski definition) is 6. The van der Waals surface area contributed by atoms with Crippen molar-refractivity contribution in [3.8, 4) is 0 Å². The fourth-order valence-electron chi connectivity index (χ4n) is 3.19. The van der Waals surface area contributed by atoms with E-state index >= 15 is 0 Å². The van der Waals surface area contributed by atoms with Gasteiger partial charge in [0.2, 0.25) is 17.7 Å². The van der Waals surface area contributed by atoms with Gasteiger partial charge in [-0.05, 0) is 52.5 Å². The van der Waals surface area contributed by atoms with Gasteiger partial charge in [0.15, 0.2) is 0 Å². The van der Waals surface area contributed by atoms with E-state index in [0.717, 1.165) is 12.8 Å². The van der Waals surface area contributed by atoms with E-state index in [9.17, 15) is 24.3 Å². The molecule has 0 aliphatic carbocycles. The highest BCUT2D eigenvalue weighted by atomic mass is 16.4. The molecule has 0 bridgehead atoms. The molecule has 3 amide bonds. The Morgan fingerprint density at radius 1 is 0.886 bits per heavy atom. The topological polar surface area (TPSA) is 171 Å². The maximum Gasteiger partial charge on any atom is 0.325 e. The first-order valence-corrected chi connectivity index (χ1v) is 12.5. The van der Waals surface area contributed by atoms with Gasteiger partial charge in [0.1, 0.15) is 18.1 Å². The van der Waals surface area contributed by atoms with Gasteiger partial charge in [0.25, 0.3) is 0 Å². The van der Waals surface area contributed by atoms with Crippen LogP contribution in [-0.4, -0.2) is 64.7 Å². The van der Waals surface area contributed by atoms with Crippen molar-refractivity contribution in [1.29, 1.82) is 0 Å². The molecule has 200 valence electrons. The lowest BCUT2D eigenvalue weighted by Gasteiger charge is -2.25. The number of carbonyl (C=O) groups excluding carboxylic acids is 3. The Balaban J connectivity index is 4.94. The minimum atomic E-state index is -1.29. The van der Waals surface area contributed by atoms with E-state index in [4.69, 9.17) is 10.8 Å². The van der Waals surface area contributed by atoms with Gasteiger partial charge in [-0.3, -0.25) is 19.2 Å². The molecule has 7 N–H and O–H groups in total. The van der Waals surface area contributed by atoms with E-state index in [2.05, 4.69) is 22.9 Å². The summed E-state index contributed by atoms with van der Waals surface area (Å²) in [6, 6.07) is -3.47. The molecule has 0 rings (SSSR count). The molecule has 0 aliphatic rings. The van der Waals surface area contributed by atoms with Crippen LogP contribution < -0.4 is 21.7 Å². The number of allylic oxidation sites excluding steroid dienone is 3. The lowest BCUT2D eigenvalue weighted by Crippen LogP contribution is -2.57. The number of hydrogen-bond acceptors (Lipinski definition) is 6. The van der Waals surface area contributed by atoms with Crippen molar-refractivity contribution in [3.05, 3.63) is 24.3 Å². The van der Waals surface area contributed by atoms with E-state index in [1.807, 2.05) is 6.08 Å². The van der Waals surface area contributed by atoms with Gasteiger partial charge < -0.3 is 31.9 Å². The number of unbranched alkanes of at least 4 members (excludes halogenated alkanes) is 6. The molecule has 10 nitrogen and oxygen atoms in total. The third-order valence-corrected chi connectivity index (χ3v) is 5.34. The Kier molecular flexibility index (Phi) is 18.1. The quantitative estimate of drug-likeness (QED) is 0.0894. The fourth-order valence-corrected chi connectivity index (χ4v) is 3.19. The summed E-state index contributed by atoms with van der Waals surface area (Å²) in [5, 5.41) is 26.3. The molecule has 0 radical (unpaired) electrons. The van der Waals surface area contributed by atoms with Crippen LogP contribution in [0.15, 0.2) is 24.3 Å². The van der Waals surface area contributed by atoms with Gasteiger partial charge in [-0.25, -0.2) is 0 Å². The molecule has 4 atom stereocenters. The molecular weight excluding hydrogens is 452 g/mol. The van der Waals surface area contributed by atoms with E-state index in [1.54, 1.807) is 12.2 Å². The van der Waals surface area contributed by atoms with Gasteiger partial charge in [-0.2, -0.15) is 0 Å². The number of carboxylic acids is 1. The lowest BCUT2D eigenvalue weighted by molar-refractivity contribution is -0.142. The van der Waals surface area contributed by atoms with E-state index in [-0.39, 0.29) is 6.42 Å². The molecule has 0 fully saturated rings. The maximum atomic E-state index is 12.8. The van der Waals surface area contributed by atoms with E-state index < -0.39 is 47.9 Å². The molecular formula is C25H44N4O6. The molecule has 0 aliphatic heterocycles. The standard InChI is InChI=1S/C25H44N4O6/c1-4-5-6-7-8-9-10-11-12-16-21(31)29-22(19(3)30)24(33)28-20(15-13-14-17-26)23(32)27-18(2)25(34)35/h10-12,16,18-20,22,30H,4-9,13-15,17,26H2,1-3H3,(H,27,32)(H,28,33)(H,29,31)(H,34,35). The third kappa shape index (κ3) is 15.7. The Morgan fingerprint density at radius 3 is 2.17 bits per heavy atom. The fraction of sp³-hybridized carbons (Fsp3) is 0.680.